The van der Waals surface area contributed by atoms with E-state index in [1.807, 2.05) is 0 Å². The van der Waals surface area contributed by atoms with E-state index >= 15 is 0 Å². The molecule has 1 atom stereocenters. The van der Waals surface area contributed by atoms with Gasteiger partial charge in [0.25, 0.3) is 5.91 Å². The molecule has 0 saturated heterocycles. The van der Waals surface area contributed by atoms with Gasteiger partial charge in [-0.05, 0) is 55.5 Å². The van der Waals surface area contributed by atoms with Crippen LogP contribution in [0.15, 0.2) is 35.4 Å². The van der Waals surface area contributed by atoms with E-state index in [1.54, 1.807) is 24.3 Å². The second kappa shape index (κ2) is 5.25. The summed E-state index contributed by atoms with van der Waals surface area (Å²) < 4.78 is 11.9. The minimum absolute atomic E-state index is 0.291. The topological polar surface area (TPSA) is 77.8 Å². The highest BCUT2D eigenvalue weighted by Gasteiger charge is 2.48. The first-order valence-electron chi connectivity index (χ1n) is 6.76. The highest BCUT2D eigenvalue weighted by Crippen LogP contribution is 2.54. The summed E-state index contributed by atoms with van der Waals surface area (Å²) in [6, 6.07) is 6.44. The van der Waals surface area contributed by atoms with Crippen LogP contribution in [0.3, 0.4) is 0 Å². The lowest BCUT2D eigenvalue weighted by Crippen LogP contribution is -2.35. The first kappa shape index (κ1) is 14.8. The molecule has 1 aliphatic heterocycles. The minimum atomic E-state index is -4.46. The molecule has 0 saturated carbocycles. The summed E-state index contributed by atoms with van der Waals surface area (Å²) in [5, 5.41) is 0.510. The average Bonchev–Trinajstić information content (AvgIpc) is 2.73. The number of carbonyl (C=O) groups excluding carboxylic acids is 1. The van der Waals surface area contributed by atoms with E-state index in [1.165, 1.54) is 4.90 Å². The van der Waals surface area contributed by atoms with Gasteiger partial charge in [-0.15, -0.1) is 0 Å². The predicted octanol–water partition coefficient (Wildman–Crippen LogP) is 3.06. The fourth-order valence-corrected chi connectivity index (χ4v) is 4.44. The summed E-state index contributed by atoms with van der Waals surface area (Å²) in [7, 11) is -4.46. The average molecular weight is 328 g/mol. The molecule has 1 heterocycles. The zero-order valence-electron chi connectivity index (χ0n) is 11.2. The zero-order valence-corrected chi connectivity index (χ0v) is 12.8. The molecule has 0 spiro atoms. The summed E-state index contributed by atoms with van der Waals surface area (Å²) in [5.41, 5.74) is 1.64. The molecular formula is C14H15ClNO4P. The Kier molecular flexibility index (Phi) is 3.70. The van der Waals surface area contributed by atoms with E-state index in [0.717, 1.165) is 12.8 Å². The van der Waals surface area contributed by atoms with Gasteiger partial charge in [-0.25, -0.2) is 0 Å². The molecule has 2 N–H and O–H groups in total. The number of benzene rings is 1. The molecule has 1 amide bonds. The Morgan fingerprint density at radius 1 is 1.14 bits per heavy atom. The van der Waals surface area contributed by atoms with Gasteiger partial charge in [0.2, 0.25) is 0 Å². The van der Waals surface area contributed by atoms with Gasteiger partial charge in [0.05, 0.1) is 0 Å². The normalized spacial score (nSPS) is 22.7. The lowest BCUT2D eigenvalue weighted by Gasteiger charge is -2.28. The van der Waals surface area contributed by atoms with Gasteiger partial charge in [0.15, 0.2) is 5.78 Å². The molecule has 1 aliphatic carbocycles. The van der Waals surface area contributed by atoms with Gasteiger partial charge in [-0.3, -0.25) is 14.3 Å². The van der Waals surface area contributed by atoms with Gasteiger partial charge >= 0.3 is 7.60 Å². The van der Waals surface area contributed by atoms with E-state index in [2.05, 4.69) is 0 Å². The van der Waals surface area contributed by atoms with Crippen molar-refractivity contribution in [3.63, 3.8) is 0 Å². The molecular weight excluding hydrogens is 313 g/mol. The molecule has 1 unspecified atom stereocenters. The van der Waals surface area contributed by atoms with Gasteiger partial charge < -0.3 is 9.79 Å². The quantitative estimate of drug-likeness (QED) is 0.818. The monoisotopic (exact) mass is 327 g/mol. The molecule has 3 rings (SSSR count). The molecule has 0 radical (unpaired) electrons. The van der Waals surface area contributed by atoms with Crippen molar-refractivity contribution in [3.05, 3.63) is 40.4 Å². The van der Waals surface area contributed by atoms with Crippen molar-refractivity contribution in [2.45, 2.75) is 31.5 Å². The maximum atomic E-state index is 12.6. The van der Waals surface area contributed by atoms with Gasteiger partial charge in [-0.1, -0.05) is 11.6 Å². The maximum absolute atomic E-state index is 12.6. The maximum Gasteiger partial charge on any atom is 0.352 e. The van der Waals surface area contributed by atoms with Gasteiger partial charge in [-0.2, -0.15) is 0 Å². The third-order valence-electron chi connectivity index (χ3n) is 3.97. The van der Waals surface area contributed by atoms with Crippen molar-refractivity contribution in [1.29, 1.82) is 0 Å². The van der Waals surface area contributed by atoms with Crippen LogP contribution in [0.5, 0.6) is 0 Å². The van der Waals surface area contributed by atoms with Crippen LogP contribution in [-0.4, -0.2) is 21.5 Å². The van der Waals surface area contributed by atoms with Crippen molar-refractivity contribution in [2.75, 3.05) is 4.90 Å². The predicted molar refractivity (Wildman–Crippen MR) is 80.3 cm³/mol. The van der Waals surface area contributed by atoms with Gasteiger partial charge in [0, 0.05) is 16.3 Å². The number of hydrogen-bond acceptors (Lipinski definition) is 2. The summed E-state index contributed by atoms with van der Waals surface area (Å²) in [5.74, 6) is -1.46. The standard InChI is InChI=1S/C14H15ClNO4P/c15-9-5-7-10(8-6-9)16-13(17)11-3-1-2-4-12(11)14(16)21(18,19)20/h5-8,14H,1-4H2,(H2,18,19,20). The number of rotatable bonds is 2. The molecule has 0 bridgehead atoms. The van der Waals surface area contributed by atoms with Crippen LogP contribution in [0.4, 0.5) is 5.69 Å². The van der Waals surface area contributed by atoms with Crippen LogP contribution in [0.1, 0.15) is 25.7 Å². The van der Waals surface area contributed by atoms with Crippen LogP contribution < -0.4 is 4.90 Å². The zero-order chi connectivity index (χ0) is 15.2. The van der Waals surface area contributed by atoms with Crippen LogP contribution >= 0.6 is 19.2 Å². The smallest absolute Gasteiger partial charge is 0.323 e. The Morgan fingerprint density at radius 3 is 2.38 bits per heavy atom. The van der Waals surface area contributed by atoms with Gasteiger partial charge in [0.1, 0.15) is 0 Å². The van der Waals surface area contributed by atoms with E-state index in [9.17, 15) is 19.1 Å². The summed E-state index contributed by atoms with van der Waals surface area (Å²) in [4.78, 5) is 33.2. The Balaban J connectivity index is 2.09. The Labute approximate surface area is 127 Å². The number of amides is 1. The number of hydrogen-bond donors (Lipinski definition) is 2. The molecule has 21 heavy (non-hydrogen) atoms. The molecule has 0 fully saturated rings. The number of anilines is 1. The molecule has 2 aliphatic rings. The number of carbonyl (C=O) groups is 1. The molecule has 5 nitrogen and oxygen atoms in total. The van der Waals surface area contributed by atoms with Crippen molar-refractivity contribution < 1.29 is 19.1 Å². The SMILES string of the molecule is O=C1C2=C(CCCC2)C(P(=O)(O)O)N1c1ccc(Cl)cc1. The van der Waals surface area contributed by atoms with E-state index in [4.69, 9.17) is 11.6 Å². The highest BCUT2D eigenvalue weighted by atomic mass is 35.5. The van der Waals surface area contributed by atoms with Crippen molar-refractivity contribution in [2.24, 2.45) is 0 Å². The van der Waals surface area contributed by atoms with Crippen LogP contribution in [0.2, 0.25) is 5.02 Å². The largest absolute Gasteiger partial charge is 0.352 e. The molecule has 112 valence electrons. The lowest BCUT2D eigenvalue weighted by atomic mass is 9.94. The van der Waals surface area contributed by atoms with Crippen molar-refractivity contribution >= 4 is 30.8 Å². The Morgan fingerprint density at radius 2 is 1.76 bits per heavy atom. The van der Waals surface area contributed by atoms with E-state index in [0.29, 0.717) is 34.7 Å². The first-order valence-corrected chi connectivity index (χ1v) is 8.82. The highest BCUT2D eigenvalue weighted by molar-refractivity contribution is 7.53. The Hall–Kier alpha value is -1.13. The van der Waals surface area contributed by atoms with Crippen LogP contribution in [-0.2, 0) is 9.36 Å². The fraction of sp³-hybridized carbons (Fsp3) is 0.357. The third-order valence-corrected chi connectivity index (χ3v) is 5.40. The number of halogens is 1. The Bertz CT molecular complexity index is 664. The van der Waals surface area contributed by atoms with Crippen molar-refractivity contribution in [1.82, 2.24) is 0 Å². The van der Waals surface area contributed by atoms with Crippen LogP contribution in [0.25, 0.3) is 0 Å². The van der Waals surface area contributed by atoms with Crippen LogP contribution in [0, 0.1) is 0 Å². The second-order valence-corrected chi connectivity index (χ2v) is 7.43. The summed E-state index contributed by atoms with van der Waals surface area (Å²) in [6.07, 6.45) is 2.90. The van der Waals surface area contributed by atoms with Crippen molar-refractivity contribution in [3.8, 4) is 0 Å². The summed E-state index contributed by atoms with van der Waals surface area (Å²) >= 11 is 5.84. The van der Waals surface area contributed by atoms with E-state index in [-0.39, 0.29) is 5.91 Å². The van der Waals surface area contributed by atoms with E-state index < -0.39 is 13.4 Å². The number of nitrogens with zero attached hydrogens (tertiary/aromatic N) is 1. The minimum Gasteiger partial charge on any atom is -0.323 e. The second-order valence-electron chi connectivity index (χ2n) is 5.33. The molecule has 1 aromatic rings. The lowest BCUT2D eigenvalue weighted by molar-refractivity contribution is -0.114. The molecule has 7 heteroatoms. The first-order chi connectivity index (χ1) is 9.89. The third kappa shape index (κ3) is 2.55. The molecule has 1 aromatic carbocycles. The summed E-state index contributed by atoms with van der Waals surface area (Å²) in [6.45, 7) is 0. The molecule has 0 aromatic heterocycles. The fourth-order valence-electron chi connectivity index (χ4n) is 3.08.